The molecule has 0 aliphatic heterocycles. The molecule has 6 nitrogen and oxygen atoms in total. The van der Waals surface area contributed by atoms with Gasteiger partial charge in [-0.2, -0.15) is 0 Å². The first-order valence-electron chi connectivity index (χ1n) is 7.17. The molecule has 2 N–H and O–H groups in total. The lowest BCUT2D eigenvalue weighted by Gasteiger charge is -2.39. The third-order valence-electron chi connectivity index (χ3n) is 3.68. The second-order valence-electron chi connectivity index (χ2n) is 7.68. The second-order valence-corrected chi connectivity index (χ2v) is 7.68. The van der Waals surface area contributed by atoms with Crippen molar-refractivity contribution in [1.82, 2.24) is 10.2 Å². The van der Waals surface area contributed by atoms with Gasteiger partial charge in [-0.15, -0.1) is 0 Å². The number of nitrogens with one attached hydrogen (secondary N) is 1. The van der Waals surface area contributed by atoms with Crippen LogP contribution < -0.4 is 5.32 Å². The van der Waals surface area contributed by atoms with E-state index in [1.54, 1.807) is 41.5 Å². The van der Waals surface area contributed by atoms with E-state index in [0.29, 0.717) is 12.8 Å². The third kappa shape index (κ3) is 3.74. The van der Waals surface area contributed by atoms with Crippen LogP contribution in [0.4, 0.5) is 4.79 Å². The maximum atomic E-state index is 12.4. The van der Waals surface area contributed by atoms with E-state index < -0.39 is 22.6 Å². The van der Waals surface area contributed by atoms with Crippen molar-refractivity contribution < 1.29 is 19.5 Å². The van der Waals surface area contributed by atoms with Gasteiger partial charge in [-0.05, 0) is 33.6 Å². The molecular weight excluding hydrogens is 272 g/mol. The molecule has 0 aromatic rings. The van der Waals surface area contributed by atoms with E-state index in [-0.39, 0.29) is 18.2 Å². The van der Waals surface area contributed by atoms with Gasteiger partial charge in [-0.3, -0.25) is 14.5 Å². The second kappa shape index (κ2) is 5.31. The summed E-state index contributed by atoms with van der Waals surface area (Å²) in [6.07, 6.45) is -0.129. The molecule has 1 fully saturated rings. The Hall–Kier alpha value is -1.59. The summed E-state index contributed by atoms with van der Waals surface area (Å²) in [4.78, 5) is 37.0. The van der Waals surface area contributed by atoms with Crippen LogP contribution in [0.2, 0.25) is 0 Å². The van der Waals surface area contributed by atoms with Gasteiger partial charge in [0.05, 0.1) is 6.54 Å². The summed E-state index contributed by atoms with van der Waals surface area (Å²) < 4.78 is 0. The van der Waals surface area contributed by atoms with Crippen molar-refractivity contribution in [2.45, 2.75) is 65.5 Å². The van der Waals surface area contributed by atoms with Crippen LogP contribution in [0.25, 0.3) is 0 Å². The molecule has 1 rings (SSSR count). The van der Waals surface area contributed by atoms with Crippen LogP contribution in [0, 0.1) is 5.41 Å². The summed E-state index contributed by atoms with van der Waals surface area (Å²) >= 11 is 0. The third-order valence-corrected chi connectivity index (χ3v) is 3.68. The molecule has 0 aromatic carbocycles. The summed E-state index contributed by atoms with van der Waals surface area (Å²) in [5, 5.41) is 12.0. The molecule has 1 aliphatic rings. The van der Waals surface area contributed by atoms with Gasteiger partial charge in [-0.25, -0.2) is 4.79 Å². The van der Waals surface area contributed by atoms with E-state index in [9.17, 15) is 19.5 Å². The largest absolute Gasteiger partial charge is 0.465 e. The first-order chi connectivity index (χ1) is 9.32. The number of carbonyl (C=O) groups excluding carboxylic acids is 2. The van der Waals surface area contributed by atoms with Gasteiger partial charge in [0.15, 0.2) is 5.78 Å². The number of carbonyl (C=O) groups is 3. The van der Waals surface area contributed by atoms with Gasteiger partial charge in [0.25, 0.3) is 0 Å². The Bertz CT molecular complexity index is 453. The molecule has 0 radical (unpaired) electrons. The molecule has 0 saturated heterocycles. The normalized spacial score (nSPS) is 17.0. The highest BCUT2D eigenvalue weighted by atomic mass is 16.4. The maximum absolute atomic E-state index is 12.4. The number of ketones is 1. The lowest BCUT2D eigenvalue weighted by molar-refractivity contribution is -0.133. The standard InChI is InChI=1S/C15H26N2O4/c1-13(2,3)10(18)9-16-11(19)15(7-8-15)17(12(20)21)14(4,5)6/h7-9H2,1-6H3,(H,16,19)(H,20,21). The summed E-state index contributed by atoms with van der Waals surface area (Å²) in [6, 6.07) is 0. The molecule has 120 valence electrons. The molecule has 2 amide bonds. The quantitative estimate of drug-likeness (QED) is 0.831. The van der Waals surface area contributed by atoms with Crippen molar-refractivity contribution in [3.8, 4) is 0 Å². The zero-order valence-electron chi connectivity index (χ0n) is 13.7. The van der Waals surface area contributed by atoms with Crippen molar-refractivity contribution in [3.05, 3.63) is 0 Å². The van der Waals surface area contributed by atoms with E-state index in [4.69, 9.17) is 0 Å². The van der Waals surface area contributed by atoms with Crippen LogP contribution in [0.5, 0.6) is 0 Å². The van der Waals surface area contributed by atoms with Crippen LogP contribution >= 0.6 is 0 Å². The number of Topliss-reactive ketones (excluding diaryl/α,β-unsaturated/α-hetero) is 1. The van der Waals surface area contributed by atoms with E-state index in [1.165, 1.54) is 4.90 Å². The van der Waals surface area contributed by atoms with E-state index in [1.807, 2.05) is 0 Å². The van der Waals surface area contributed by atoms with Crippen molar-refractivity contribution >= 4 is 17.8 Å². The zero-order chi connectivity index (χ0) is 16.6. The highest BCUT2D eigenvalue weighted by Crippen LogP contribution is 2.45. The number of nitrogens with zero attached hydrogens (tertiary/aromatic N) is 1. The minimum atomic E-state index is -1.11. The SMILES string of the molecule is CC(C)(C)C(=O)CNC(=O)C1(N(C(=O)O)C(C)(C)C)CC1. The van der Waals surface area contributed by atoms with Crippen molar-refractivity contribution in [3.63, 3.8) is 0 Å². The maximum Gasteiger partial charge on any atom is 0.408 e. The fourth-order valence-corrected chi connectivity index (χ4v) is 2.37. The minimum Gasteiger partial charge on any atom is -0.465 e. The van der Waals surface area contributed by atoms with Gasteiger partial charge >= 0.3 is 6.09 Å². The van der Waals surface area contributed by atoms with Crippen LogP contribution in [0.1, 0.15) is 54.4 Å². The Morgan fingerprint density at radius 1 is 1.10 bits per heavy atom. The number of rotatable bonds is 4. The van der Waals surface area contributed by atoms with Gasteiger partial charge in [0.1, 0.15) is 5.54 Å². The Balaban J connectivity index is 2.82. The molecule has 0 bridgehead atoms. The summed E-state index contributed by atoms with van der Waals surface area (Å²) in [5.41, 5.74) is -2.23. The Morgan fingerprint density at radius 3 is 1.86 bits per heavy atom. The Morgan fingerprint density at radius 2 is 1.57 bits per heavy atom. The average Bonchev–Trinajstić information content (AvgIpc) is 3.02. The Labute approximate surface area is 125 Å². The summed E-state index contributed by atoms with van der Waals surface area (Å²) in [7, 11) is 0. The van der Waals surface area contributed by atoms with Crippen LogP contribution in [-0.4, -0.2) is 45.4 Å². The van der Waals surface area contributed by atoms with Crippen molar-refractivity contribution in [1.29, 1.82) is 0 Å². The predicted molar refractivity (Wildman–Crippen MR) is 79.1 cm³/mol. The molecule has 0 unspecified atom stereocenters. The number of hydrogen-bond acceptors (Lipinski definition) is 3. The van der Waals surface area contributed by atoms with Crippen LogP contribution in [0.3, 0.4) is 0 Å². The highest BCUT2D eigenvalue weighted by Gasteiger charge is 2.59. The molecule has 1 aliphatic carbocycles. The number of carboxylic acid groups (broad SMARTS) is 1. The predicted octanol–water partition coefficient (Wildman–Crippen LogP) is 2.03. The van der Waals surface area contributed by atoms with Crippen LogP contribution in [-0.2, 0) is 9.59 Å². The first-order valence-corrected chi connectivity index (χ1v) is 7.17. The highest BCUT2D eigenvalue weighted by molar-refractivity contribution is 5.96. The smallest absolute Gasteiger partial charge is 0.408 e. The van der Waals surface area contributed by atoms with Crippen LogP contribution in [0.15, 0.2) is 0 Å². The van der Waals surface area contributed by atoms with Gasteiger partial charge in [-0.1, -0.05) is 20.8 Å². The zero-order valence-corrected chi connectivity index (χ0v) is 13.7. The molecular formula is C15H26N2O4. The number of amides is 2. The van der Waals surface area contributed by atoms with E-state index >= 15 is 0 Å². The van der Waals surface area contributed by atoms with Gasteiger partial charge < -0.3 is 10.4 Å². The average molecular weight is 298 g/mol. The molecule has 1 saturated carbocycles. The van der Waals surface area contributed by atoms with Crippen molar-refractivity contribution in [2.24, 2.45) is 5.41 Å². The molecule has 0 heterocycles. The Kier molecular flexibility index (Phi) is 4.42. The number of hydrogen-bond donors (Lipinski definition) is 2. The molecule has 6 heteroatoms. The molecule has 0 atom stereocenters. The summed E-state index contributed by atoms with van der Waals surface area (Å²) in [6.45, 7) is 10.6. The van der Waals surface area contributed by atoms with Gasteiger partial charge in [0.2, 0.25) is 5.91 Å². The van der Waals surface area contributed by atoms with E-state index in [2.05, 4.69) is 5.32 Å². The molecule has 0 aromatic heterocycles. The summed E-state index contributed by atoms with van der Waals surface area (Å²) in [5.74, 6) is -0.457. The molecule has 0 spiro atoms. The fraction of sp³-hybridized carbons (Fsp3) is 0.800. The first kappa shape index (κ1) is 17.5. The fourth-order valence-electron chi connectivity index (χ4n) is 2.37. The molecule has 21 heavy (non-hydrogen) atoms. The lowest BCUT2D eigenvalue weighted by atomic mass is 9.91. The van der Waals surface area contributed by atoms with Crippen molar-refractivity contribution in [2.75, 3.05) is 6.54 Å². The van der Waals surface area contributed by atoms with Gasteiger partial charge in [0, 0.05) is 11.0 Å². The topological polar surface area (TPSA) is 86.7 Å². The minimum absolute atomic E-state index is 0.0678. The monoisotopic (exact) mass is 298 g/mol. The van der Waals surface area contributed by atoms with E-state index in [0.717, 1.165) is 0 Å². The lowest BCUT2D eigenvalue weighted by Crippen LogP contribution is -2.59.